The summed E-state index contributed by atoms with van der Waals surface area (Å²) >= 11 is 1.68. The zero-order valence-corrected chi connectivity index (χ0v) is 12.4. The first kappa shape index (κ1) is 13.8. The number of nitrogens with one attached hydrogen (secondary N) is 1. The molecule has 0 radical (unpaired) electrons. The van der Waals surface area contributed by atoms with Crippen molar-refractivity contribution in [3.05, 3.63) is 41.8 Å². The molecule has 0 fully saturated rings. The van der Waals surface area contributed by atoms with E-state index < -0.39 is 0 Å². The Hall–Kier alpha value is -1.61. The van der Waals surface area contributed by atoms with Gasteiger partial charge in [0, 0.05) is 22.5 Å². The van der Waals surface area contributed by atoms with E-state index in [1.807, 2.05) is 35.7 Å². The second-order valence-corrected chi connectivity index (χ2v) is 6.76. The molecule has 1 amide bonds. The molecule has 2 aromatic rings. The Bertz CT molecular complexity index is 552. The third-order valence-electron chi connectivity index (χ3n) is 2.68. The topological polar surface area (TPSA) is 29.1 Å². The zero-order valence-electron chi connectivity index (χ0n) is 11.6. The average Bonchev–Trinajstić information content (AvgIpc) is 2.80. The van der Waals surface area contributed by atoms with E-state index >= 15 is 0 Å². The van der Waals surface area contributed by atoms with E-state index in [9.17, 15) is 4.79 Å². The number of amides is 1. The van der Waals surface area contributed by atoms with Crippen LogP contribution < -0.4 is 5.32 Å². The van der Waals surface area contributed by atoms with E-state index in [2.05, 4.69) is 32.2 Å². The Balaban J connectivity index is 2.20. The van der Waals surface area contributed by atoms with Gasteiger partial charge in [-0.1, -0.05) is 45.0 Å². The summed E-state index contributed by atoms with van der Waals surface area (Å²) in [6.07, 6.45) is 0.520. The zero-order chi connectivity index (χ0) is 13.9. The lowest BCUT2D eigenvalue weighted by molar-refractivity contribution is -0.117. The van der Waals surface area contributed by atoms with Gasteiger partial charge in [0.25, 0.3) is 0 Å². The fraction of sp³-hybridized carbons (Fsp3) is 0.312. The second kappa shape index (κ2) is 5.57. The van der Waals surface area contributed by atoms with Crippen LogP contribution in [0.3, 0.4) is 0 Å². The van der Waals surface area contributed by atoms with Crippen LogP contribution in [-0.4, -0.2) is 5.91 Å². The molecule has 3 heteroatoms. The summed E-state index contributed by atoms with van der Waals surface area (Å²) in [6, 6.07) is 12.0. The number of rotatable bonds is 3. The van der Waals surface area contributed by atoms with Gasteiger partial charge < -0.3 is 5.32 Å². The van der Waals surface area contributed by atoms with Crippen LogP contribution in [0.1, 0.15) is 27.2 Å². The molecule has 0 aliphatic rings. The Kier molecular flexibility index (Phi) is 4.05. The van der Waals surface area contributed by atoms with Crippen molar-refractivity contribution >= 4 is 22.9 Å². The van der Waals surface area contributed by atoms with Gasteiger partial charge in [-0.25, -0.2) is 0 Å². The Labute approximate surface area is 118 Å². The SMILES string of the molecule is CC(C)(C)CC(=O)Nc1ccccc1-c1cccs1. The van der Waals surface area contributed by atoms with Gasteiger partial charge in [0.1, 0.15) is 0 Å². The van der Waals surface area contributed by atoms with Crippen LogP contribution in [0.25, 0.3) is 10.4 Å². The molecule has 0 bridgehead atoms. The summed E-state index contributed by atoms with van der Waals surface area (Å²) in [6.45, 7) is 6.20. The summed E-state index contributed by atoms with van der Waals surface area (Å²) in [5, 5.41) is 5.07. The lowest BCUT2D eigenvalue weighted by Crippen LogP contribution is -2.19. The molecule has 1 aromatic carbocycles. The monoisotopic (exact) mass is 273 g/mol. The number of hydrogen-bond donors (Lipinski definition) is 1. The molecule has 0 aliphatic heterocycles. The maximum absolute atomic E-state index is 12.0. The van der Waals surface area contributed by atoms with Crippen LogP contribution >= 0.6 is 11.3 Å². The summed E-state index contributed by atoms with van der Waals surface area (Å²) in [7, 11) is 0. The maximum Gasteiger partial charge on any atom is 0.224 e. The molecule has 2 rings (SSSR count). The van der Waals surface area contributed by atoms with Crippen molar-refractivity contribution in [2.45, 2.75) is 27.2 Å². The van der Waals surface area contributed by atoms with Crippen molar-refractivity contribution in [2.75, 3.05) is 5.32 Å². The molecule has 1 N–H and O–H groups in total. The minimum atomic E-state index is 0.00194. The third kappa shape index (κ3) is 3.93. The first-order chi connectivity index (χ1) is 8.96. The van der Waals surface area contributed by atoms with Crippen LogP contribution in [-0.2, 0) is 4.79 Å². The predicted octanol–water partition coefficient (Wildman–Crippen LogP) is 4.79. The van der Waals surface area contributed by atoms with Crippen molar-refractivity contribution in [1.29, 1.82) is 0 Å². The molecule has 0 saturated heterocycles. The largest absolute Gasteiger partial charge is 0.325 e. The van der Waals surface area contributed by atoms with Crippen LogP contribution in [0.4, 0.5) is 5.69 Å². The van der Waals surface area contributed by atoms with E-state index in [4.69, 9.17) is 0 Å². The molecular formula is C16H19NOS. The maximum atomic E-state index is 12.0. The van der Waals surface area contributed by atoms with Gasteiger partial charge in [-0.3, -0.25) is 4.79 Å². The molecule has 100 valence electrons. The first-order valence-corrected chi connectivity index (χ1v) is 7.26. The lowest BCUT2D eigenvalue weighted by atomic mass is 9.92. The van der Waals surface area contributed by atoms with E-state index in [0.717, 1.165) is 11.3 Å². The molecule has 19 heavy (non-hydrogen) atoms. The van der Waals surface area contributed by atoms with Gasteiger partial charge in [0.15, 0.2) is 0 Å². The number of thiophene rings is 1. The Morgan fingerprint density at radius 3 is 2.53 bits per heavy atom. The summed E-state index contributed by atoms with van der Waals surface area (Å²) < 4.78 is 0. The first-order valence-electron chi connectivity index (χ1n) is 6.38. The predicted molar refractivity (Wildman–Crippen MR) is 82.5 cm³/mol. The summed E-state index contributed by atoms with van der Waals surface area (Å²) in [4.78, 5) is 13.2. The highest BCUT2D eigenvalue weighted by atomic mass is 32.1. The number of benzene rings is 1. The standard InChI is InChI=1S/C16H19NOS/c1-16(2,3)11-15(18)17-13-8-5-4-7-12(13)14-9-6-10-19-14/h4-10H,11H2,1-3H3,(H,17,18). The van der Waals surface area contributed by atoms with Gasteiger partial charge in [-0.15, -0.1) is 11.3 Å². The molecule has 1 heterocycles. The number of para-hydroxylation sites is 1. The Morgan fingerprint density at radius 1 is 1.16 bits per heavy atom. The lowest BCUT2D eigenvalue weighted by Gasteiger charge is -2.18. The number of carbonyl (C=O) groups excluding carboxylic acids is 1. The van der Waals surface area contributed by atoms with Crippen molar-refractivity contribution in [2.24, 2.45) is 5.41 Å². The van der Waals surface area contributed by atoms with Crippen molar-refractivity contribution < 1.29 is 4.79 Å². The van der Waals surface area contributed by atoms with Gasteiger partial charge in [0.2, 0.25) is 5.91 Å². The van der Waals surface area contributed by atoms with E-state index in [-0.39, 0.29) is 11.3 Å². The van der Waals surface area contributed by atoms with Gasteiger partial charge in [-0.2, -0.15) is 0 Å². The average molecular weight is 273 g/mol. The molecule has 1 aromatic heterocycles. The van der Waals surface area contributed by atoms with Crippen molar-refractivity contribution in [3.8, 4) is 10.4 Å². The number of hydrogen-bond acceptors (Lipinski definition) is 2. The van der Waals surface area contributed by atoms with Crippen molar-refractivity contribution in [1.82, 2.24) is 0 Å². The molecule has 0 atom stereocenters. The number of anilines is 1. The van der Waals surface area contributed by atoms with Gasteiger partial charge in [-0.05, 0) is 22.9 Å². The van der Waals surface area contributed by atoms with E-state index in [0.29, 0.717) is 6.42 Å². The van der Waals surface area contributed by atoms with Gasteiger partial charge >= 0.3 is 0 Å². The highest BCUT2D eigenvalue weighted by Crippen LogP contribution is 2.31. The third-order valence-corrected chi connectivity index (χ3v) is 3.58. The Morgan fingerprint density at radius 2 is 1.89 bits per heavy atom. The highest BCUT2D eigenvalue weighted by molar-refractivity contribution is 7.13. The molecule has 2 nitrogen and oxygen atoms in total. The minimum absolute atomic E-state index is 0.00194. The highest BCUT2D eigenvalue weighted by Gasteiger charge is 2.17. The van der Waals surface area contributed by atoms with Crippen molar-refractivity contribution in [3.63, 3.8) is 0 Å². The van der Waals surface area contributed by atoms with Crippen LogP contribution in [0, 0.1) is 5.41 Å². The minimum Gasteiger partial charge on any atom is -0.325 e. The second-order valence-electron chi connectivity index (χ2n) is 5.81. The van der Waals surface area contributed by atoms with E-state index in [1.165, 1.54) is 4.88 Å². The fourth-order valence-electron chi connectivity index (χ4n) is 1.91. The van der Waals surface area contributed by atoms with Crippen LogP contribution in [0.15, 0.2) is 41.8 Å². The quantitative estimate of drug-likeness (QED) is 0.856. The molecule has 0 aliphatic carbocycles. The van der Waals surface area contributed by atoms with Crippen LogP contribution in [0.2, 0.25) is 0 Å². The number of carbonyl (C=O) groups is 1. The smallest absolute Gasteiger partial charge is 0.224 e. The van der Waals surface area contributed by atoms with Crippen LogP contribution in [0.5, 0.6) is 0 Å². The normalized spacial score (nSPS) is 11.3. The summed E-state index contributed by atoms with van der Waals surface area (Å²) in [5.41, 5.74) is 1.97. The fourth-order valence-corrected chi connectivity index (χ4v) is 2.68. The summed E-state index contributed by atoms with van der Waals surface area (Å²) in [5.74, 6) is 0.0662. The molecule has 0 saturated carbocycles. The van der Waals surface area contributed by atoms with Gasteiger partial charge in [0.05, 0.1) is 0 Å². The molecule has 0 spiro atoms. The van der Waals surface area contributed by atoms with E-state index in [1.54, 1.807) is 11.3 Å². The molecule has 0 unspecified atom stereocenters. The molecular weight excluding hydrogens is 254 g/mol.